The maximum atomic E-state index is 12.5. The first-order valence-electron chi connectivity index (χ1n) is 5.83. The first-order valence-corrected chi connectivity index (χ1v) is 7.27. The van der Waals surface area contributed by atoms with Crippen molar-refractivity contribution in [1.29, 1.82) is 0 Å². The van der Waals surface area contributed by atoms with Crippen LogP contribution in [0.3, 0.4) is 0 Å². The molecular weight excluding hydrogens is 266 g/mol. The van der Waals surface area contributed by atoms with Crippen molar-refractivity contribution in [3.05, 3.63) is 24.5 Å². The molecule has 0 atom stereocenters. The highest BCUT2D eigenvalue weighted by atomic mass is 32.2. The van der Waals surface area contributed by atoms with Gasteiger partial charge in [-0.2, -0.15) is 4.31 Å². The Bertz CT molecular complexity index is 686. The number of sulfonamides is 1. The van der Waals surface area contributed by atoms with E-state index in [1.807, 2.05) is 0 Å². The monoisotopic (exact) mass is 283 g/mol. The number of aromatic amines is 1. The van der Waals surface area contributed by atoms with Gasteiger partial charge in [-0.15, -0.1) is 0 Å². The van der Waals surface area contributed by atoms with E-state index in [1.165, 1.54) is 13.2 Å². The van der Waals surface area contributed by atoms with E-state index in [9.17, 15) is 13.5 Å². The molecule has 0 unspecified atom stereocenters. The van der Waals surface area contributed by atoms with Crippen LogP contribution in [0.25, 0.3) is 11.0 Å². The lowest BCUT2D eigenvalue weighted by Gasteiger charge is -2.24. The van der Waals surface area contributed by atoms with Crippen LogP contribution >= 0.6 is 0 Å². The predicted octanol–water partition coefficient (Wildman–Crippen LogP) is 0.954. The SMILES string of the molecule is CN(CC(C)(C)O)S(=O)(=O)c1c[nH]c2ncccc12. The molecule has 0 aliphatic rings. The second kappa shape index (κ2) is 4.59. The highest BCUT2D eigenvalue weighted by Crippen LogP contribution is 2.24. The van der Waals surface area contributed by atoms with E-state index >= 15 is 0 Å². The smallest absolute Gasteiger partial charge is 0.245 e. The Labute approximate surface area is 112 Å². The molecule has 0 fully saturated rings. The lowest BCUT2D eigenvalue weighted by molar-refractivity contribution is 0.0640. The molecule has 0 aliphatic carbocycles. The number of hydrogen-bond donors (Lipinski definition) is 2. The fraction of sp³-hybridized carbons (Fsp3) is 0.417. The number of nitrogens with one attached hydrogen (secondary N) is 1. The van der Waals surface area contributed by atoms with Crippen LogP contribution in [0, 0.1) is 0 Å². The molecule has 0 radical (unpaired) electrons. The standard InChI is InChI=1S/C12H17N3O3S/c1-12(2,16)8-15(3)19(17,18)10-7-14-11-9(10)5-4-6-13-11/h4-7,16H,8H2,1-3H3,(H,13,14). The van der Waals surface area contributed by atoms with Crippen molar-refractivity contribution >= 4 is 21.1 Å². The molecule has 2 aromatic heterocycles. The van der Waals surface area contributed by atoms with E-state index in [0.717, 1.165) is 4.31 Å². The van der Waals surface area contributed by atoms with Crippen LogP contribution in [-0.2, 0) is 10.0 Å². The summed E-state index contributed by atoms with van der Waals surface area (Å²) >= 11 is 0. The molecule has 0 saturated heterocycles. The van der Waals surface area contributed by atoms with E-state index in [1.54, 1.807) is 32.2 Å². The molecule has 104 valence electrons. The molecule has 0 amide bonds. The van der Waals surface area contributed by atoms with Crippen molar-refractivity contribution in [1.82, 2.24) is 14.3 Å². The van der Waals surface area contributed by atoms with Gasteiger partial charge in [0, 0.05) is 31.4 Å². The fourth-order valence-electron chi connectivity index (χ4n) is 1.94. The normalized spacial score (nSPS) is 13.3. The Morgan fingerprint density at radius 1 is 1.47 bits per heavy atom. The Balaban J connectivity index is 2.45. The fourth-order valence-corrected chi connectivity index (χ4v) is 3.41. The van der Waals surface area contributed by atoms with Crippen molar-refractivity contribution in [3.8, 4) is 0 Å². The number of H-pyrrole nitrogens is 1. The van der Waals surface area contributed by atoms with E-state index in [0.29, 0.717) is 11.0 Å². The topological polar surface area (TPSA) is 86.3 Å². The number of likely N-dealkylation sites (N-methyl/N-ethyl adjacent to an activating group) is 1. The molecule has 19 heavy (non-hydrogen) atoms. The summed E-state index contributed by atoms with van der Waals surface area (Å²) in [7, 11) is -2.21. The highest BCUT2D eigenvalue weighted by Gasteiger charge is 2.28. The van der Waals surface area contributed by atoms with Crippen LogP contribution in [0.2, 0.25) is 0 Å². The Kier molecular flexibility index (Phi) is 3.38. The van der Waals surface area contributed by atoms with Gasteiger partial charge in [-0.05, 0) is 26.0 Å². The number of rotatable bonds is 4. The molecule has 2 aromatic rings. The minimum atomic E-state index is -3.65. The molecule has 0 bridgehead atoms. The van der Waals surface area contributed by atoms with Crippen molar-refractivity contribution in [2.45, 2.75) is 24.3 Å². The summed E-state index contributed by atoms with van der Waals surface area (Å²) in [6, 6.07) is 3.38. The van der Waals surface area contributed by atoms with Crippen molar-refractivity contribution in [3.63, 3.8) is 0 Å². The summed E-state index contributed by atoms with van der Waals surface area (Å²) < 4.78 is 26.0. The van der Waals surface area contributed by atoms with Gasteiger partial charge < -0.3 is 10.1 Å². The molecule has 2 heterocycles. The number of hydrogen-bond acceptors (Lipinski definition) is 4. The summed E-state index contributed by atoms with van der Waals surface area (Å²) in [5.41, 5.74) is -0.565. The van der Waals surface area contributed by atoms with Crippen LogP contribution in [-0.4, -0.2) is 47.0 Å². The van der Waals surface area contributed by atoms with E-state index in [-0.39, 0.29) is 11.4 Å². The van der Waals surface area contributed by atoms with E-state index in [4.69, 9.17) is 0 Å². The Hall–Kier alpha value is -1.44. The molecule has 0 saturated carbocycles. The first-order chi connectivity index (χ1) is 8.72. The third-order valence-corrected chi connectivity index (χ3v) is 4.55. The summed E-state index contributed by atoms with van der Waals surface area (Å²) in [6.07, 6.45) is 3.02. The molecule has 0 aliphatic heterocycles. The summed E-state index contributed by atoms with van der Waals surface area (Å²) in [4.78, 5) is 7.06. The first kappa shape index (κ1) is 14.0. The molecule has 7 heteroatoms. The third-order valence-electron chi connectivity index (χ3n) is 2.71. The van der Waals surface area contributed by atoms with Gasteiger partial charge in [-0.25, -0.2) is 13.4 Å². The maximum Gasteiger partial charge on any atom is 0.245 e. The van der Waals surface area contributed by atoms with Crippen LogP contribution < -0.4 is 0 Å². The van der Waals surface area contributed by atoms with Crippen LogP contribution in [0.4, 0.5) is 0 Å². The summed E-state index contributed by atoms with van der Waals surface area (Å²) in [5, 5.41) is 10.3. The third kappa shape index (κ3) is 2.78. The highest BCUT2D eigenvalue weighted by molar-refractivity contribution is 7.89. The summed E-state index contributed by atoms with van der Waals surface area (Å²) in [5.74, 6) is 0. The minimum absolute atomic E-state index is 0.0161. The quantitative estimate of drug-likeness (QED) is 0.875. The zero-order chi connectivity index (χ0) is 14.3. The molecule has 6 nitrogen and oxygen atoms in total. The largest absolute Gasteiger partial charge is 0.389 e. The van der Waals surface area contributed by atoms with Gasteiger partial charge in [0.15, 0.2) is 0 Å². The van der Waals surface area contributed by atoms with Gasteiger partial charge in [0.2, 0.25) is 10.0 Å². The number of nitrogens with zero attached hydrogens (tertiary/aromatic N) is 2. The van der Waals surface area contributed by atoms with Crippen LogP contribution in [0.15, 0.2) is 29.4 Å². The molecule has 2 N–H and O–H groups in total. The van der Waals surface area contributed by atoms with Crippen molar-refractivity contribution < 1.29 is 13.5 Å². The Morgan fingerprint density at radius 2 is 2.16 bits per heavy atom. The zero-order valence-electron chi connectivity index (χ0n) is 11.1. The van der Waals surface area contributed by atoms with E-state index in [2.05, 4.69) is 9.97 Å². The second-order valence-electron chi connectivity index (χ2n) is 5.13. The zero-order valence-corrected chi connectivity index (χ0v) is 11.9. The van der Waals surface area contributed by atoms with Gasteiger partial charge in [-0.1, -0.05) is 0 Å². The van der Waals surface area contributed by atoms with Crippen molar-refractivity contribution in [2.24, 2.45) is 0 Å². The average molecular weight is 283 g/mol. The molecular formula is C12H17N3O3S. The second-order valence-corrected chi connectivity index (χ2v) is 7.14. The Morgan fingerprint density at radius 3 is 2.79 bits per heavy atom. The lowest BCUT2D eigenvalue weighted by Crippen LogP contribution is -2.39. The average Bonchev–Trinajstić information content (AvgIpc) is 2.70. The van der Waals surface area contributed by atoms with Gasteiger partial charge in [-0.3, -0.25) is 0 Å². The lowest BCUT2D eigenvalue weighted by atomic mass is 10.1. The number of aliphatic hydroxyl groups is 1. The van der Waals surface area contributed by atoms with E-state index < -0.39 is 15.6 Å². The molecule has 0 spiro atoms. The summed E-state index contributed by atoms with van der Waals surface area (Å²) in [6.45, 7) is 3.15. The number of aromatic nitrogens is 2. The predicted molar refractivity (Wildman–Crippen MR) is 72.2 cm³/mol. The molecule has 2 rings (SSSR count). The van der Waals surface area contributed by atoms with Gasteiger partial charge in [0.05, 0.1) is 5.60 Å². The van der Waals surface area contributed by atoms with Crippen molar-refractivity contribution in [2.75, 3.05) is 13.6 Å². The van der Waals surface area contributed by atoms with Crippen LogP contribution in [0.5, 0.6) is 0 Å². The van der Waals surface area contributed by atoms with Gasteiger partial charge >= 0.3 is 0 Å². The van der Waals surface area contributed by atoms with Crippen LogP contribution in [0.1, 0.15) is 13.8 Å². The van der Waals surface area contributed by atoms with Gasteiger partial charge in [0.1, 0.15) is 10.5 Å². The minimum Gasteiger partial charge on any atom is -0.389 e. The number of fused-ring (bicyclic) bond motifs is 1. The number of pyridine rings is 1. The van der Waals surface area contributed by atoms with Gasteiger partial charge in [0.25, 0.3) is 0 Å². The maximum absolute atomic E-state index is 12.5. The molecule has 0 aromatic carbocycles.